The maximum Gasteiger partial charge on any atom is 0.305 e. The van der Waals surface area contributed by atoms with Gasteiger partial charge in [0.2, 0.25) is 5.91 Å². The first-order valence-corrected chi connectivity index (χ1v) is 8.47. The number of nitrogens with one attached hydrogen (secondary N) is 2. The van der Waals surface area contributed by atoms with E-state index in [1.165, 1.54) is 0 Å². The minimum absolute atomic E-state index is 0.215. The number of amides is 2. The second-order valence-electron chi connectivity index (χ2n) is 5.95. The van der Waals surface area contributed by atoms with Gasteiger partial charge in [-0.2, -0.15) is 0 Å². The molecular weight excluding hydrogens is 348 g/mol. The lowest BCUT2D eigenvalue weighted by atomic mass is 9.99. The second kappa shape index (κ2) is 9.96. The number of carbonyl (C=O) groups excluding carboxylic acids is 2. The first-order chi connectivity index (χ1) is 13.0. The maximum atomic E-state index is 12.1. The summed E-state index contributed by atoms with van der Waals surface area (Å²) in [5.74, 6) is -1.39. The lowest BCUT2D eigenvalue weighted by Gasteiger charge is -2.19. The van der Waals surface area contributed by atoms with Crippen LogP contribution in [0.1, 0.15) is 23.6 Å². The number of carboxylic acids is 1. The summed E-state index contributed by atoms with van der Waals surface area (Å²) in [4.78, 5) is 35.1. The van der Waals surface area contributed by atoms with Gasteiger partial charge in [-0.3, -0.25) is 14.4 Å². The fraction of sp³-hybridized carbons (Fsp3) is 0.250. The lowest BCUT2D eigenvalue weighted by molar-refractivity contribution is -0.138. The summed E-state index contributed by atoms with van der Waals surface area (Å²) >= 11 is 0. The van der Waals surface area contributed by atoms with Crippen LogP contribution in [0.2, 0.25) is 0 Å². The molecule has 0 saturated heterocycles. The lowest BCUT2D eigenvalue weighted by Crippen LogP contribution is -2.40. The summed E-state index contributed by atoms with van der Waals surface area (Å²) in [5.41, 5.74) is 1.61. The molecule has 0 spiro atoms. The van der Waals surface area contributed by atoms with Crippen LogP contribution in [-0.4, -0.2) is 36.0 Å². The zero-order valence-corrected chi connectivity index (χ0v) is 15.0. The largest absolute Gasteiger partial charge is 0.484 e. The number of carbonyl (C=O) groups is 3. The number of aliphatic carboxylic acids is 1. The Morgan fingerprint density at radius 1 is 1.00 bits per heavy atom. The van der Waals surface area contributed by atoms with Crippen molar-refractivity contribution in [1.29, 1.82) is 0 Å². The van der Waals surface area contributed by atoms with E-state index in [9.17, 15) is 14.4 Å². The van der Waals surface area contributed by atoms with Gasteiger partial charge in [-0.1, -0.05) is 42.5 Å². The molecule has 0 saturated carbocycles. The van der Waals surface area contributed by atoms with E-state index in [1.807, 2.05) is 25.1 Å². The number of aryl methyl sites for hydroxylation is 1. The van der Waals surface area contributed by atoms with Crippen molar-refractivity contribution >= 4 is 17.8 Å². The van der Waals surface area contributed by atoms with Crippen molar-refractivity contribution in [1.82, 2.24) is 10.6 Å². The molecule has 2 rings (SSSR count). The molecule has 1 atom stereocenters. The van der Waals surface area contributed by atoms with Gasteiger partial charge in [0, 0.05) is 0 Å². The highest BCUT2D eigenvalue weighted by Crippen LogP contribution is 2.20. The molecule has 0 aliphatic heterocycles. The zero-order valence-electron chi connectivity index (χ0n) is 15.0. The van der Waals surface area contributed by atoms with Crippen LogP contribution in [0.3, 0.4) is 0 Å². The quantitative estimate of drug-likeness (QED) is 0.625. The average Bonchev–Trinajstić information content (AvgIpc) is 2.65. The van der Waals surface area contributed by atoms with Gasteiger partial charge in [-0.15, -0.1) is 0 Å². The van der Waals surface area contributed by atoms with Crippen molar-refractivity contribution in [3.8, 4) is 5.75 Å². The van der Waals surface area contributed by atoms with Crippen LogP contribution < -0.4 is 15.4 Å². The van der Waals surface area contributed by atoms with E-state index in [-0.39, 0.29) is 19.6 Å². The third-order valence-corrected chi connectivity index (χ3v) is 3.84. The molecule has 2 aromatic rings. The molecule has 1 unspecified atom stereocenters. The first-order valence-electron chi connectivity index (χ1n) is 8.47. The summed E-state index contributed by atoms with van der Waals surface area (Å²) < 4.78 is 5.30. The molecule has 0 aliphatic carbocycles. The number of hydrogen-bond acceptors (Lipinski definition) is 4. The fourth-order valence-electron chi connectivity index (χ4n) is 2.53. The molecule has 7 heteroatoms. The molecule has 7 nitrogen and oxygen atoms in total. The number of hydrogen-bond donors (Lipinski definition) is 3. The van der Waals surface area contributed by atoms with Gasteiger partial charge in [0.1, 0.15) is 5.75 Å². The van der Waals surface area contributed by atoms with Crippen LogP contribution in [0.5, 0.6) is 5.75 Å². The average molecular weight is 370 g/mol. The Labute approximate surface area is 157 Å². The van der Waals surface area contributed by atoms with Crippen LogP contribution in [0, 0.1) is 6.92 Å². The van der Waals surface area contributed by atoms with E-state index in [0.717, 1.165) is 11.1 Å². The van der Waals surface area contributed by atoms with Gasteiger partial charge in [0.15, 0.2) is 6.61 Å². The first kappa shape index (κ1) is 20.0. The van der Waals surface area contributed by atoms with E-state index < -0.39 is 23.8 Å². The normalized spacial score (nSPS) is 11.3. The predicted octanol–water partition coefficient (Wildman–Crippen LogP) is 1.82. The standard InChI is InChI=1S/C20H22N2O5/c1-14-7-5-6-10-16(14)17(11-20(25)26)22-18(23)12-21-19(24)13-27-15-8-3-2-4-9-15/h2-10,17H,11-13H2,1H3,(H,21,24)(H,22,23)(H,25,26). The van der Waals surface area contributed by atoms with Gasteiger partial charge >= 0.3 is 5.97 Å². The summed E-state index contributed by atoms with van der Waals surface area (Å²) in [6.45, 7) is 1.37. The predicted molar refractivity (Wildman–Crippen MR) is 99.3 cm³/mol. The SMILES string of the molecule is Cc1ccccc1C(CC(=O)O)NC(=O)CNC(=O)COc1ccccc1. The summed E-state index contributed by atoms with van der Waals surface area (Å²) in [6, 6.07) is 15.4. The van der Waals surface area contributed by atoms with Gasteiger partial charge in [-0.25, -0.2) is 0 Å². The zero-order chi connectivity index (χ0) is 19.6. The van der Waals surface area contributed by atoms with Crippen LogP contribution in [0.15, 0.2) is 54.6 Å². The van der Waals surface area contributed by atoms with E-state index in [4.69, 9.17) is 9.84 Å². The third kappa shape index (κ3) is 6.81. The summed E-state index contributed by atoms with van der Waals surface area (Å²) in [6.07, 6.45) is -0.248. The molecule has 0 bridgehead atoms. The molecule has 27 heavy (non-hydrogen) atoms. The van der Waals surface area contributed by atoms with Crippen molar-refractivity contribution in [3.05, 3.63) is 65.7 Å². The Hall–Kier alpha value is -3.35. The summed E-state index contributed by atoms with van der Waals surface area (Å²) in [5, 5.41) is 14.2. The molecule has 3 N–H and O–H groups in total. The van der Waals surface area contributed by atoms with Crippen LogP contribution in [0.4, 0.5) is 0 Å². The molecule has 2 aromatic carbocycles. The molecule has 0 aliphatic rings. The molecule has 0 radical (unpaired) electrons. The Kier molecular flexibility index (Phi) is 7.37. The highest BCUT2D eigenvalue weighted by Gasteiger charge is 2.19. The van der Waals surface area contributed by atoms with Gasteiger partial charge in [-0.05, 0) is 30.2 Å². The topological polar surface area (TPSA) is 105 Å². The molecular formula is C20H22N2O5. The van der Waals surface area contributed by atoms with Crippen LogP contribution in [-0.2, 0) is 14.4 Å². The fourth-order valence-corrected chi connectivity index (χ4v) is 2.53. The smallest absolute Gasteiger partial charge is 0.305 e. The Bertz CT molecular complexity index is 792. The molecule has 0 aromatic heterocycles. The maximum absolute atomic E-state index is 12.1. The van der Waals surface area contributed by atoms with Crippen molar-refractivity contribution in [2.24, 2.45) is 0 Å². The van der Waals surface area contributed by atoms with Gasteiger partial charge < -0.3 is 20.5 Å². The van der Waals surface area contributed by atoms with Crippen LogP contribution >= 0.6 is 0 Å². The van der Waals surface area contributed by atoms with E-state index >= 15 is 0 Å². The Morgan fingerprint density at radius 3 is 2.33 bits per heavy atom. The van der Waals surface area contributed by atoms with E-state index in [2.05, 4.69) is 10.6 Å². The monoisotopic (exact) mass is 370 g/mol. The van der Waals surface area contributed by atoms with Crippen molar-refractivity contribution in [3.63, 3.8) is 0 Å². The van der Waals surface area contributed by atoms with Crippen LogP contribution in [0.25, 0.3) is 0 Å². The number of benzene rings is 2. The highest BCUT2D eigenvalue weighted by molar-refractivity contribution is 5.85. The Morgan fingerprint density at radius 2 is 1.67 bits per heavy atom. The molecule has 2 amide bonds. The van der Waals surface area contributed by atoms with E-state index in [1.54, 1.807) is 36.4 Å². The van der Waals surface area contributed by atoms with Gasteiger partial charge in [0.25, 0.3) is 5.91 Å². The number of para-hydroxylation sites is 1. The Balaban J connectivity index is 1.85. The minimum atomic E-state index is -1.02. The summed E-state index contributed by atoms with van der Waals surface area (Å²) in [7, 11) is 0. The number of carboxylic acid groups (broad SMARTS) is 1. The number of rotatable bonds is 9. The third-order valence-electron chi connectivity index (χ3n) is 3.84. The molecule has 0 fully saturated rings. The van der Waals surface area contributed by atoms with Crippen molar-refractivity contribution in [2.45, 2.75) is 19.4 Å². The number of ether oxygens (including phenoxy) is 1. The minimum Gasteiger partial charge on any atom is -0.484 e. The van der Waals surface area contributed by atoms with E-state index in [0.29, 0.717) is 5.75 Å². The highest BCUT2D eigenvalue weighted by atomic mass is 16.5. The van der Waals surface area contributed by atoms with Crippen molar-refractivity contribution < 1.29 is 24.2 Å². The second-order valence-corrected chi connectivity index (χ2v) is 5.95. The molecule has 142 valence electrons. The van der Waals surface area contributed by atoms with Crippen molar-refractivity contribution in [2.75, 3.05) is 13.2 Å². The van der Waals surface area contributed by atoms with Gasteiger partial charge in [0.05, 0.1) is 19.0 Å². The molecule has 0 heterocycles.